The van der Waals surface area contributed by atoms with Crippen LogP contribution in [0.4, 0.5) is 0 Å². The van der Waals surface area contributed by atoms with Crippen LogP contribution in [0.1, 0.15) is 34.1 Å². The molecule has 1 aliphatic heterocycles. The first-order chi connectivity index (χ1) is 10.1. The van der Waals surface area contributed by atoms with Gasteiger partial charge in [0.25, 0.3) is 11.5 Å². The van der Waals surface area contributed by atoms with Crippen molar-refractivity contribution in [3.63, 3.8) is 0 Å². The van der Waals surface area contributed by atoms with Gasteiger partial charge in [-0.05, 0) is 37.1 Å². The van der Waals surface area contributed by atoms with E-state index in [2.05, 4.69) is 16.4 Å². The molecule has 0 spiro atoms. The number of pyridine rings is 1. The molecule has 2 N–H and O–H groups in total. The summed E-state index contributed by atoms with van der Waals surface area (Å²) in [5, 5.41) is 2.98. The summed E-state index contributed by atoms with van der Waals surface area (Å²) in [7, 11) is 0. The van der Waals surface area contributed by atoms with Crippen molar-refractivity contribution in [2.24, 2.45) is 0 Å². The molecule has 0 saturated heterocycles. The molecule has 1 aromatic carbocycles. The van der Waals surface area contributed by atoms with E-state index in [1.807, 2.05) is 18.2 Å². The molecule has 21 heavy (non-hydrogen) atoms. The maximum absolute atomic E-state index is 12.3. The molecule has 1 aliphatic rings. The van der Waals surface area contributed by atoms with E-state index in [1.165, 1.54) is 4.90 Å². The Labute approximate surface area is 127 Å². The Kier molecular flexibility index (Phi) is 3.84. The van der Waals surface area contributed by atoms with Crippen LogP contribution >= 0.6 is 11.8 Å². The first-order valence-electron chi connectivity index (χ1n) is 6.87. The van der Waals surface area contributed by atoms with Gasteiger partial charge >= 0.3 is 0 Å². The number of nitrogens with one attached hydrogen (secondary N) is 2. The number of thioether (sulfide) groups is 1. The molecule has 0 aliphatic carbocycles. The van der Waals surface area contributed by atoms with E-state index in [9.17, 15) is 9.59 Å². The highest BCUT2D eigenvalue weighted by molar-refractivity contribution is 7.99. The van der Waals surface area contributed by atoms with Crippen LogP contribution < -0.4 is 10.9 Å². The summed E-state index contributed by atoms with van der Waals surface area (Å²) >= 11 is 1.80. The van der Waals surface area contributed by atoms with Gasteiger partial charge in [-0.15, -0.1) is 11.8 Å². The molecule has 1 unspecified atom stereocenters. The van der Waals surface area contributed by atoms with E-state index in [-0.39, 0.29) is 23.1 Å². The summed E-state index contributed by atoms with van der Waals surface area (Å²) in [6.45, 7) is 1.79. The third-order valence-corrected chi connectivity index (χ3v) is 4.69. The van der Waals surface area contributed by atoms with Crippen molar-refractivity contribution in [1.29, 1.82) is 0 Å². The highest BCUT2D eigenvalue weighted by Crippen LogP contribution is 2.35. The maximum atomic E-state index is 12.3. The molecule has 1 amide bonds. The van der Waals surface area contributed by atoms with Crippen molar-refractivity contribution >= 4 is 17.7 Å². The van der Waals surface area contributed by atoms with Crippen LogP contribution in [0.25, 0.3) is 0 Å². The van der Waals surface area contributed by atoms with E-state index < -0.39 is 0 Å². The zero-order chi connectivity index (χ0) is 14.8. The fourth-order valence-corrected chi connectivity index (χ4v) is 3.60. The smallest absolute Gasteiger partial charge is 0.260 e. The highest BCUT2D eigenvalue weighted by atomic mass is 32.2. The Morgan fingerprint density at radius 1 is 1.29 bits per heavy atom. The molecule has 0 saturated carbocycles. The zero-order valence-electron chi connectivity index (χ0n) is 11.7. The average Bonchev–Trinajstić information content (AvgIpc) is 2.47. The van der Waals surface area contributed by atoms with Crippen LogP contribution in [0.5, 0.6) is 0 Å². The Morgan fingerprint density at radius 2 is 2.10 bits per heavy atom. The third-order valence-electron chi connectivity index (χ3n) is 3.56. The molecule has 1 aromatic heterocycles. The molecule has 5 heteroatoms. The van der Waals surface area contributed by atoms with Gasteiger partial charge in [-0.25, -0.2) is 0 Å². The van der Waals surface area contributed by atoms with Crippen LogP contribution in [0, 0.1) is 6.92 Å². The normalized spacial score (nSPS) is 17.1. The minimum absolute atomic E-state index is 0.0318. The van der Waals surface area contributed by atoms with Gasteiger partial charge in [0.05, 0.1) is 6.04 Å². The summed E-state index contributed by atoms with van der Waals surface area (Å²) in [4.78, 5) is 28.0. The topological polar surface area (TPSA) is 62.0 Å². The van der Waals surface area contributed by atoms with Crippen LogP contribution in [0.3, 0.4) is 0 Å². The summed E-state index contributed by atoms with van der Waals surface area (Å²) in [5.41, 5.74) is 1.70. The number of aromatic amines is 1. The van der Waals surface area contributed by atoms with E-state index >= 15 is 0 Å². The number of benzene rings is 1. The largest absolute Gasteiger partial charge is 0.345 e. The minimum Gasteiger partial charge on any atom is -0.345 e. The number of carbonyl (C=O) groups is 1. The SMILES string of the molecule is Cc1ccc(C(=O)NC2CCSc3ccccc32)c(=O)[nH]1. The van der Waals surface area contributed by atoms with Gasteiger partial charge in [-0.1, -0.05) is 18.2 Å². The number of H-pyrrole nitrogens is 1. The van der Waals surface area contributed by atoms with Gasteiger partial charge in [0.1, 0.15) is 5.56 Å². The molecule has 0 fully saturated rings. The monoisotopic (exact) mass is 300 g/mol. The van der Waals surface area contributed by atoms with Crippen LogP contribution in [-0.2, 0) is 0 Å². The molecule has 0 bridgehead atoms. The Hall–Kier alpha value is -2.01. The predicted octanol–water partition coefficient (Wildman–Crippen LogP) is 2.65. The van der Waals surface area contributed by atoms with E-state index in [4.69, 9.17) is 0 Å². The predicted molar refractivity (Wildman–Crippen MR) is 83.8 cm³/mol. The molecule has 1 atom stereocenters. The number of hydrogen-bond acceptors (Lipinski definition) is 3. The van der Waals surface area contributed by atoms with Crippen LogP contribution in [0.2, 0.25) is 0 Å². The number of aryl methyl sites for hydroxylation is 1. The van der Waals surface area contributed by atoms with E-state index in [0.29, 0.717) is 0 Å². The molecule has 4 nitrogen and oxygen atoms in total. The fourth-order valence-electron chi connectivity index (χ4n) is 2.48. The van der Waals surface area contributed by atoms with Crippen LogP contribution in [0.15, 0.2) is 46.1 Å². The number of rotatable bonds is 2. The molecule has 2 heterocycles. The lowest BCUT2D eigenvalue weighted by molar-refractivity contribution is 0.0933. The lowest BCUT2D eigenvalue weighted by Gasteiger charge is -2.25. The van der Waals surface area contributed by atoms with Gasteiger partial charge in [-0.2, -0.15) is 0 Å². The minimum atomic E-state index is -0.342. The summed E-state index contributed by atoms with van der Waals surface area (Å²) in [6.07, 6.45) is 0.872. The van der Waals surface area contributed by atoms with Crippen molar-refractivity contribution < 1.29 is 4.79 Å². The van der Waals surface area contributed by atoms with Gasteiger partial charge in [-0.3, -0.25) is 9.59 Å². The standard InChI is InChI=1S/C16H16N2O2S/c1-10-6-7-12(15(19)17-10)16(20)18-13-8-9-21-14-5-3-2-4-11(13)14/h2-7,13H,8-9H2,1H3,(H,17,19)(H,18,20). The lowest BCUT2D eigenvalue weighted by Crippen LogP contribution is -2.34. The second-order valence-electron chi connectivity index (χ2n) is 5.09. The van der Waals surface area contributed by atoms with Crippen molar-refractivity contribution in [3.05, 3.63) is 63.6 Å². The lowest BCUT2D eigenvalue weighted by atomic mass is 10.0. The zero-order valence-corrected chi connectivity index (χ0v) is 12.5. The molecular weight excluding hydrogens is 284 g/mol. The fraction of sp³-hybridized carbons (Fsp3) is 0.250. The third kappa shape index (κ3) is 2.88. The molecule has 0 radical (unpaired) electrons. The highest BCUT2D eigenvalue weighted by Gasteiger charge is 2.23. The Bertz CT molecular complexity index is 739. The Balaban J connectivity index is 1.84. The summed E-state index contributed by atoms with van der Waals surface area (Å²) in [5.74, 6) is 0.648. The van der Waals surface area contributed by atoms with Gasteiger partial charge < -0.3 is 10.3 Å². The number of hydrogen-bond donors (Lipinski definition) is 2. The summed E-state index contributed by atoms with van der Waals surface area (Å²) < 4.78 is 0. The number of carbonyl (C=O) groups excluding carboxylic acids is 1. The van der Waals surface area contributed by atoms with Crippen molar-refractivity contribution in [1.82, 2.24) is 10.3 Å². The van der Waals surface area contributed by atoms with Crippen molar-refractivity contribution in [3.8, 4) is 0 Å². The molecular formula is C16H16N2O2S. The first-order valence-corrected chi connectivity index (χ1v) is 7.86. The number of amides is 1. The molecule has 3 rings (SSSR count). The van der Waals surface area contributed by atoms with Crippen molar-refractivity contribution in [2.45, 2.75) is 24.3 Å². The van der Waals surface area contributed by atoms with E-state index in [0.717, 1.165) is 23.4 Å². The quantitative estimate of drug-likeness (QED) is 0.896. The molecule has 2 aromatic rings. The second kappa shape index (κ2) is 5.77. The van der Waals surface area contributed by atoms with E-state index in [1.54, 1.807) is 30.8 Å². The number of fused-ring (bicyclic) bond motifs is 1. The number of aromatic nitrogens is 1. The van der Waals surface area contributed by atoms with Gasteiger partial charge in [0, 0.05) is 16.3 Å². The molecule has 108 valence electrons. The van der Waals surface area contributed by atoms with Crippen LogP contribution in [-0.4, -0.2) is 16.6 Å². The van der Waals surface area contributed by atoms with Gasteiger partial charge in [0.2, 0.25) is 0 Å². The van der Waals surface area contributed by atoms with Gasteiger partial charge in [0.15, 0.2) is 0 Å². The second-order valence-corrected chi connectivity index (χ2v) is 6.22. The van der Waals surface area contributed by atoms with Crippen molar-refractivity contribution in [2.75, 3.05) is 5.75 Å². The Morgan fingerprint density at radius 3 is 2.90 bits per heavy atom. The summed E-state index contributed by atoms with van der Waals surface area (Å²) in [6, 6.07) is 11.4. The first kappa shape index (κ1) is 13.9. The average molecular weight is 300 g/mol. The maximum Gasteiger partial charge on any atom is 0.260 e.